The molecule has 0 bridgehead atoms. The summed E-state index contributed by atoms with van der Waals surface area (Å²) in [6, 6.07) is 8.32. The van der Waals surface area contributed by atoms with Crippen LogP contribution in [0.25, 0.3) is 0 Å². The first-order valence-corrected chi connectivity index (χ1v) is 7.42. The van der Waals surface area contributed by atoms with Crippen LogP contribution in [0.4, 0.5) is 0 Å². The van der Waals surface area contributed by atoms with E-state index in [1.807, 2.05) is 32.9 Å². The molecule has 1 aromatic carbocycles. The Labute approximate surface area is 123 Å². The van der Waals surface area contributed by atoms with Crippen LogP contribution >= 0.6 is 11.3 Å². The fourth-order valence-electron chi connectivity index (χ4n) is 2.01. The van der Waals surface area contributed by atoms with E-state index >= 15 is 0 Å². The zero-order chi connectivity index (χ0) is 14.7. The molecule has 0 atom stereocenters. The molecule has 0 N–H and O–H groups in total. The molecule has 3 nitrogen and oxygen atoms in total. The highest BCUT2D eigenvalue weighted by Gasteiger charge is 2.14. The highest BCUT2D eigenvalue weighted by molar-refractivity contribution is 7.12. The van der Waals surface area contributed by atoms with E-state index in [0.29, 0.717) is 11.5 Å². The summed E-state index contributed by atoms with van der Waals surface area (Å²) < 4.78 is 5.81. The number of ether oxygens (including phenoxy) is 1. The van der Waals surface area contributed by atoms with Gasteiger partial charge in [-0.2, -0.15) is 5.26 Å². The predicted molar refractivity (Wildman–Crippen MR) is 81.2 cm³/mol. The van der Waals surface area contributed by atoms with Gasteiger partial charge in [-0.25, -0.2) is 4.98 Å². The van der Waals surface area contributed by atoms with Gasteiger partial charge in [0, 0.05) is 0 Å². The third-order valence-electron chi connectivity index (χ3n) is 3.03. The Balaban J connectivity index is 2.13. The zero-order valence-corrected chi connectivity index (χ0v) is 13.0. The molecule has 0 radical (unpaired) electrons. The van der Waals surface area contributed by atoms with Crippen molar-refractivity contribution in [3.63, 3.8) is 0 Å². The molecular weight excluding hydrogens is 268 g/mol. The molecular formula is C16H18N2OS. The molecule has 0 saturated carbocycles. The molecule has 0 fully saturated rings. The highest BCUT2D eigenvalue weighted by atomic mass is 32.1. The number of nitriles is 1. The van der Waals surface area contributed by atoms with Crippen molar-refractivity contribution in [1.82, 2.24) is 4.98 Å². The second-order valence-corrected chi connectivity index (χ2v) is 6.23. The Morgan fingerprint density at radius 2 is 2.10 bits per heavy atom. The van der Waals surface area contributed by atoms with Crippen molar-refractivity contribution in [2.45, 2.75) is 40.2 Å². The molecule has 104 valence electrons. The summed E-state index contributed by atoms with van der Waals surface area (Å²) in [5, 5.41) is 9.97. The van der Waals surface area contributed by atoms with Crippen LogP contribution in [0.1, 0.15) is 46.5 Å². The van der Waals surface area contributed by atoms with Crippen LogP contribution in [0.2, 0.25) is 0 Å². The van der Waals surface area contributed by atoms with Gasteiger partial charge in [0.15, 0.2) is 0 Å². The smallest absolute Gasteiger partial charge is 0.140 e. The molecule has 2 aromatic rings. The number of thiazole rings is 1. The third kappa shape index (κ3) is 3.17. The summed E-state index contributed by atoms with van der Waals surface area (Å²) in [6.07, 6.45) is 0. The van der Waals surface area contributed by atoms with Gasteiger partial charge in [0.2, 0.25) is 0 Å². The first kappa shape index (κ1) is 14.5. The Morgan fingerprint density at radius 1 is 1.35 bits per heavy atom. The second kappa shape index (κ2) is 6.06. The van der Waals surface area contributed by atoms with E-state index in [9.17, 15) is 0 Å². The molecule has 1 aromatic heterocycles. The lowest BCUT2D eigenvalue weighted by Gasteiger charge is -2.08. The molecule has 20 heavy (non-hydrogen) atoms. The quantitative estimate of drug-likeness (QED) is 0.840. The SMILES string of the molecule is Cc1ccc(OCc2nc(C(C)C)c(C#N)s2)c(C)c1. The van der Waals surface area contributed by atoms with Crippen molar-refractivity contribution in [3.8, 4) is 11.8 Å². The van der Waals surface area contributed by atoms with Crippen molar-refractivity contribution < 1.29 is 4.74 Å². The Hall–Kier alpha value is -1.86. The van der Waals surface area contributed by atoms with Crippen LogP contribution in [0.3, 0.4) is 0 Å². The Bertz CT molecular complexity index is 653. The first-order chi connectivity index (χ1) is 9.51. The largest absolute Gasteiger partial charge is 0.486 e. The summed E-state index contributed by atoms with van der Waals surface area (Å²) >= 11 is 1.42. The minimum Gasteiger partial charge on any atom is -0.486 e. The molecule has 0 spiro atoms. The van der Waals surface area contributed by atoms with Crippen LogP contribution < -0.4 is 4.74 Å². The van der Waals surface area contributed by atoms with Crippen LogP contribution in [0.15, 0.2) is 18.2 Å². The normalized spacial score (nSPS) is 10.6. The van der Waals surface area contributed by atoms with E-state index in [1.54, 1.807) is 0 Å². The number of hydrogen-bond donors (Lipinski definition) is 0. The lowest BCUT2D eigenvalue weighted by molar-refractivity contribution is 0.303. The predicted octanol–water partition coefficient (Wildman–Crippen LogP) is 4.33. The van der Waals surface area contributed by atoms with Crippen LogP contribution in [0, 0.1) is 25.2 Å². The standard InChI is InChI=1S/C16H18N2OS/c1-10(2)16-14(8-17)20-15(18-16)9-19-13-6-5-11(3)7-12(13)4/h5-7,10H,9H2,1-4H3. The maximum absolute atomic E-state index is 9.12. The van der Waals surface area contributed by atoms with Crippen molar-refractivity contribution in [1.29, 1.82) is 5.26 Å². The number of hydrogen-bond acceptors (Lipinski definition) is 4. The Kier molecular flexibility index (Phi) is 4.41. The number of aromatic nitrogens is 1. The zero-order valence-electron chi connectivity index (χ0n) is 12.2. The van der Waals surface area contributed by atoms with Crippen LogP contribution in [-0.2, 0) is 6.61 Å². The summed E-state index contributed by atoms with van der Waals surface area (Å²) in [5.74, 6) is 1.13. The molecule has 0 amide bonds. The molecule has 0 aliphatic rings. The third-order valence-corrected chi connectivity index (χ3v) is 3.98. The van der Waals surface area contributed by atoms with Gasteiger partial charge >= 0.3 is 0 Å². The fraction of sp³-hybridized carbons (Fsp3) is 0.375. The van der Waals surface area contributed by atoms with Gasteiger partial charge in [0.1, 0.15) is 28.3 Å². The van der Waals surface area contributed by atoms with Gasteiger partial charge in [-0.15, -0.1) is 11.3 Å². The minimum absolute atomic E-state index is 0.260. The number of rotatable bonds is 4. The molecule has 0 aliphatic heterocycles. The second-order valence-electron chi connectivity index (χ2n) is 5.15. The van der Waals surface area contributed by atoms with Gasteiger partial charge in [-0.05, 0) is 31.4 Å². The van der Waals surface area contributed by atoms with E-state index < -0.39 is 0 Å². The van der Waals surface area contributed by atoms with Crippen molar-refractivity contribution >= 4 is 11.3 Å². The van der Waals surface area contributed by atoms with Crippen molar-refractivity contribution in [3.05, 3.63) is 44.9 Å². The first-order valence-electron chi connectivity index (χ1n) is 6.61. The molecule has 4 heteroatoms. The average Bonchev–Trinajstić information content (AvgIpc) is 2.81. The number of nitrogens with zero attached hydrogens (tertiary/aromatic N) is 2. The molecule has 1 heterocycles. The summed E-state index contributed by atoms with van der Waals surface area (Å²) in [6.45, 7) is 8.60. The van der Waals surface area contributed by atoms with Crippen LogP contribution in [-0.4, -0.2) is 4.98 Å². The van der Waals surface area contributed by atoms with E-state index in [1.165, 1.54) is 16.9 Å². The van der Waals surface area contributed by atoms with Gasteiger partial charge in [-0.1, -0.05) is 31.5 Å². The Morgan fingerprint density at radius 3 is 2.65 bits per heavy atom. The molecule has 0 aliphatic carbocycles. The highest BCUT2D eigenvalue weighted by Crippen LogP contribution is 2.26. The maximum atomic E-state index is 9.12. The van der Waals surface area contributed by atoms with E-state index in [0.717, 1.165) is 22.0 Å². The summed E-state index contributed by atoms with van der Waals surface area (Å²) in [7, 11) is 0. The average molecular weight is 286 g/mol. The van der Waals surface area contributed by atoms with E-state index in [4.69, 9.17) is 10.00 Å². The van der Waals surface area contributed by atoms with Crippen LogP contribution in [0.5, 0.6) is 5.75 Å². The monoisotopic (exact) mass is 286 g/mol. The van der Waals surface area contributed by atoms with E-state index in [2.05, 4.69) is 24.0 Å². The van der Waals surface area contributed by atoms with Gasteiger partial charge in [-0.3, -0.25) is 0 Å². The van der Waals surface area contributed by atoms with Gasteiger partial charge in [0.25, 0.3) is 0 Å². The number of benzene rings is 1. The lowest BCUT2D eigenvalue weighted by Crippen LogP contribution is -1.98. The van der Waals surface area contributed by atoms with E-state index in [-0.39, 0.29) is 5.92 Å². The topological polar surface area (TPSA) is 45.9 Å². The van der Waals surface area contributed by atoms with Crippen molar-refractivity contribution in [2.24, 2.45) is 0 Å². The summed E-state index contributed by atoms with van der Waals surface area (Å²) in [4.78, 5) is 5.21. The van der Waals surface area contributed by atoms with Gasteiger partial charge in [0.05, 0.1) is 5.69 Å². The molecule has 0 saturated heterocycles. The lowest BCUT2D eigenvalue weighted by atomic mass is 10.1. The molecule has 0 unspecified atom stereocenters. The number of aryl methyl sites for hydroxylation is 2. The maximum Gasteiger partial charge on any atom is 0.140 e. The summed E-state index contributed by atoms with van der Waals surface area (Å²) in [5.41, 5.74) is 3.21. The van der Waals surface area contributed by atoms with Crippen molar-refractivity contribution in [2.75, 3.05) is 0 Å². The molecule has 2 rings (SSSR count). The van der Waals surface area contributed by atoms with Gasteiger partial charge < -0.3 is 4.74 Å². The fourth-order valence-corrected chi connectivity index (χ4v) is 2.94. The minimum atomic E-state index is 0.260.